The maximum Gasteiger partial charge on any atom is 0.305 e. The molecule has 0 fully saturated rings. The molecule has 0 saturated heterocycles. The molecule has 0 aliphatic heterocycles. The van der Waals surface area contributed by atoms with Gasteiger partial charge in [-0.25, -0.2) is 0 Å². The number of carbonyl (C=O) groups excluding carboxylic acids is 1. The van der Waals surface area contributed by atoms with Gasteiger partial charge < -0.3 is 9.84 Å². The van der Waals surface area contributed by atoms with Crippen LogP contribution in [-0.4, -0.2) is 33.2 Å². The Morgan fingerprint density at radius 2 is 1.68 bits per heavy atom. The van der Waals surface area contributed by atoms with E-state index in [1.807, 2.05) is 48.5 Å². The Morgan fingerprint density at radius 1 is 1.03 bits per heavy atom. The average molecular weight is 415 g/mol. The first-order chi connectivity index (χ1) is 15.0. The number of ether oxygens (including phenoxy) is 1. The van der Waals surface area contributed by atoms with Gasteiger partial charge in [0.05, 0.1) is 7.11 Å². The predicted octanol–water partition coefficient (Wildman–Crippen LogP) is 5.02. The quantitative estimate of drug-likeness (QED) is 0.447. The highest BCUT2D eigenvalue weighted by molar-refractivity contribution is 5.78. The number of fused-ring (bicyclic) bond motifs is 1. The van der Waals surface area contributed by atoms with Crippen molar-refractivity contribution in [1.29, 1.82) is 0 Å². The van der Waals surface area contributed by atoms with E-state index in [-0.39, 0.29) is 18.1 Å². The Hall–Kier alpha value is -3.67. The Kier molecular flexibility index (Phi) is 5.71. The Bertz CT molecular complexity index is 1190. The van der Waals surface area contributed by atoms with E-state index >= 15 is 0 Å². The largest absolute Gasteiger partial charge is 0.505 e. The molecule has 1 heterocycles. The van der Waals surface area contributed by atoms with E-state index in [9.17, 15) is 9.90 Å². The minimum absolute atomic E-state index is 0.0967. The van der Waals surface area contributed by atoms with Gasteiger partial charge >= 0.3 is 5.97 Å². The lowest BCUT2D eigenvalue weighted by Gasteiger charge is -2.14. The van der Waals surface area contributed by atoms with Crippen LogP contribution in [0.1, 0.15) is 37.3 Å². The number of aromatic hydroxyl groups is 1. The first-order valence-corrected chi connectivity index (χ1v) is 10.3. The van der Waals surface area contributed by atoms with Gasteiger partial charge in [-0.1, -0.05) is 50.2 Å². The molecule has 0 saturated carbocycles. The number of aryl methyl sites for hydroxylation is 1. The van der Waals surface area contributed by atoms with E-state index < -0.39 is 0 Å². The lowest BCUT2D eigenvalue weighted by atomic mass is 9.95. The van der Waals surface area contributed by atoms with Crippen molar-refractivity contribution in [2.45, 2.75) is 32.6 Å². The van der Waals surface area contributed by atoms with Crippen LogP contribution in [0, 0.1) is 0 Å². The van der Waals surface area contributed by atoms with Crippen LogP contribution < -0.4 is 0 Å². The van der Waals surface area contributed by atoms with Gasteiger partial charge in [-0.05, 0) is 53.3 Å². The van der Waals surface area contributed by atoms with Gasteiger partial charge in [0, 0.05) is 12.0 Å². The molecular formula is C25H25N3O3. The number of carbonyl (C=O) groups is 1. The van der Waals surface area contributed by atoms with Crippen molar-refractivity contribution in [3.8, 4) is 22.6 Å². The smallest absolute Gasteiger partial charge is 0.305 e. The van der Waals surface area contributed by atoms with Crippen LogP contribution in [0.15, 0.2) is 60.7 Å². The number of phenolic OH excluding ortho intramolecular Hbond substituents is 1. The number of hydrogen-bond donors (Lipinski definition) is 1. The maximum atomic E-state index is 11.7. The summed E-state index contributed by atoms with van der Waals surface area (Å²) in [6.45, 7) is 4.29. The number of aromatic nitrogens is 3. The van der Waals surface area contributed by atoms with Gasteiger partial charge in [0.1, 0.15) is 16.7 Å². The van der Waals surface area contributed by atoms with Crippen molar-refractivity contribution in [2.75, 3.05) is 7.11 Å². The molecule has 0 atom stereocenters. The van der Waals surface area contributed by atoms with Gasteiger partial charge in [-0.2, -0.15) is 0 Å². The van der Waals surface area contributed by atoms with E-state index in [2.05, 4.69) is 36.2 Å². The molecule has 0 unspecified atom stereocenters. The maximum absolute atomic E-state index is 11.7. The standard InChI is InChI=1S/C25H25N3O3/c1-16(2)18-9-11-19(12-10-18)20-14-17(8-13-24(29)31-3)15-23(25(20)30)28-26-21-6-4-5-7-22(21)27-28/h4-7,9-12,14-16,30H,8,13H2,1-3H3. The lowest BCUT2D eigenvalue weighted by Crippen LogP contribution is -2.05. The molecule has 1 N–H and O–H groups in total. The predicted molar refractivity (Wildman–Crippen MR) is 120 cm³/mol. The Balaban J connectivity index is 1.83. The number of hydrogen-bond acceptors (Lipinski definition) is 5. The number of nitrogens with zero attached hydrogens (tertiary/aromatic N) is 3. The average Bonchev–Trinajstić information content (AvgIpc) is 3.22. The summed E-state index contributed by atoms with van der Waals surface area (Å²) < 4.78 is 4.78. The summed E-state index contributed by atoms with van der Waals surface area (Å²) in [5.41, 5.74) is 5.64. The van der Waals surface area contributed by atoms with E-state index in [4.69, 9.17) is 4.74 Å². The summed E-state index contributed by atoms with van der Waals surface area (Å²) in [4.78, 5) is 13.1. The molecule has 1 aromatic heterocycles. The van der Waals surface area contributed by atoms with Gasteiger partial charge in [0.2, 0.25) is 0 Å². The summed E-state index contributed by atoms with van der Waals surface area (Å²) >= 11 is 0. The zero-order valence-corrected chi connectivity index (χ0v) is 17.9. The molecule has 0 spiro atoms. The first kappa shape index (κ1) is 20.6. The highest BCUT2D eigenvalue weighted by Gasteiger charge is 2.17. The molecule has 0 radical (unpaired) electrons. The fraction of sp³-hybridized carbons (Fsp3) is 0.240. The van der Waals surface area contributed by atoms with Gasteiger partial charge in [-0.3, -0.25) is 4.79 Å². The third kappa shape index (κ3) is 4.28. The zero-order chi connectivity index (χ0) is 22.0. The summed E-state index contributed by atoms with van der Waals surface area (Å²) in [6.07, 6.45) is 0.735. The van der Waals surface area contributed by atoms with Gasteiger partial charge in [0.15, 0.2) is 5.75 Å². The number of rotatable bonds is 6. The van der Waals surface area contributed by atoms with E-state index in [0.29, 0.717) is 23.6 Å². The van der Waals surface area contributed by atoms with E-state index in [0.717, 1.165) is 22.2 Å². The number of benzene rings is 3. The molecule has 6 nitrogen and oxygen atoms in total. The summed E-state index contributed by atoms with van der Waals surface area (Å²) in [6, 6.07) is 19.4. The minimum Gasteiger partial charge on any atom is -0.505 e. The second-order valence-corrected chi connectivity index (χ2v) is 7.84. The summed E-state index contributed by atoms with van der Waals surface area (Å²) in [5, 5.41) is 20.2. The van der Waals surface area contributed by atoms with Crippen LogP contribution in [0.4, 0.5) is 0 Å². The Morgan fingerprint density at radius 3 is 2.26 bits per heavy atom. The van der Waals surface area contributed by atoms with Crippen LogP contribution in [0.2, 0.25) is 0 Å². The summed E-state index contributed by atoms with van der Waals surface area (Å²) in [5.74, 6) is 0.241. The van der Waals surface area contributed by atoms with Gasteiger partial charge in [0.25, 0.3) is 0 Å². The van der Waals surface area contributed by atoms with Crippen LogP contribution in [0.3, 0.4) is 0 Å². The zero-order valence-electron chi connectivity index (χ0n) is 17.9. The number of phenols is 1. The first-order valence-electron chi connectivity index (χ1n) is 10.3. The van der Waals surface area contributed by atoms with Crippen LogP contribution >= 0.6 is 0 Å². The SMILES string of the molecule is COC(=O)CCc1cc(-c2ccc(C(C)C)cc2)c(O)c(-n2nc3ccccc3n2)c1. The van der Waals surface area contributed by atoms with E-state index in [1.54, 1.807) is 0 Å². The fourth-order valence-corrected chi connectivity index (χ4v) is 3.56. The number of methoxy groups -OCH3 is 1. The fourth-order valence-electron chi connectivity index (χ4n) is 3.56. The van der Waals surface area contributed by atoms with Crippen LogP contribution in [0.25, 0.3) is 27.8 Å². The third-order valence-corrected chi connectivity index (χ3v) is 5.39. The van der Waals surface area contributed by atoms with Gasteiger partial charge in [-0.15, -0.1) is 15.0 Å². The topological polar surface area (TPSA) is 77.2 Å². The molecule has 3 aromatic carbocycles. The van der Waals surface area contributed by atoms with Crippen LogP contribution in [0.5, 0.6) is 5.75 Å². The lowest BCUT2D eigenvalue weighted by molar-refractivity contribution is -0.140. The molecule has 4 rings (SSSR count). The van der Waals surface area contributed by atoms with Crippen molar-refractivity contribution < 1.29 is 14.6 Å². The normalized spacial score (nSPS) is 11.2. The van der Waals surface area contributed by atoms with Crippen molar-refractivity contribution in [1.82, 2.24) is 15.0 Å². The summed E-state index contributed by atoms with van der Waals surface area (Å²) in [7, 11) is 1.38. The molecular weight excluding hydrogens is 390 g/mol. The third-order valence-electron chi connectivity index (χ3n) is 5.39. The van der Waals surface area contributed by atoms with Crippen molar-refractivity contribution in [2.24, 2.45) is 0 Å². The molecule has 0 bridgehead atoms. The molecule has 0 aliphatic carbocycles. The molecule has 6 heteroatoms. The van der Waals surface area contributed by atoms with Crippen molar-refractivity contribution >= 4 is 17.0 Å². The number of esters is 1. The minimum atomic E-state index is -0.277. The highest BCUT2D eigenvalue weighted by atomic mass is 16.5. The molecule has 31 heavy (non-hydrogen) atoms. The highest BCUT2D eigenvalue weighted by Crippen LogP contribution is 2.36. The molecule has 0 aliphatic rings. The van der Waals surface area contributed by atoms with Crippen molar-refractivity contribution in [3.63, 3.8) is 0 Å². The van der Waals surface area contributed by atoms with Crippen molar-refractivity contribution in [3.05, 3.63) is 71.8 Å². The second-order valence-electron chi connectivity index (χ2n) is 7.84. The monoisotopic (exact) mass is 415 g/mol. The molecule has 0 amide bonds. The second kappa shape index (κ2) is 8.60. The Labute approximate surface area is 181 Å². The van der Waals surface area contributed by atoms with Crippen LogP contribution in [-0.2, 0) is 16.0 Å². The molecule has 158 valence electrons. The molecule has 4 aromatic rings. The van der Waals surface area contributed by atoms with E-state index in [1.165, 1.54) is 17.5 Å².